The van der Waals surface area contributed by atoms with Gasteiger partial charge in [-0.3, -0.25) is 15.0 Å². The van der Waals surface area contributed by atoms with Crippen molar-refractivity contribution in [2.45, 2.75) is 18.9 Å². The minimum Gasteiger partial charge on any atom is -0.361 e. The van der Waals surface area contributed by atoms with E-state index in [1.54, 1.807) is 18.2 Å². The molecule has 0 aliphatic carbocycles. The maximum Gasteiger partial charge on any atom is 0.269 e. The summed E-state index contributed by atoms with van der Waals surface area (Å²) >= 11 is 0. The van der Waals surface area contributed by atoms with Crippen LogP contribution in [0.15, 0.2) is 48.7 Å². The van der Waals surface area contributed by atoms with E-state index < -0.39 is 0 Å². The number of benzene rings is 2. The van der Waals surface area contributed by atoms with Crippen molar-refractivity contribution in [3.63, 3.8) is 0 Å². The normalized spacial score (nSPS) is 16.4. The first kappa shape index (κ1) is 15.8. The predicted octanol–water partition coefficient (Wildman–Crippen LogP) is 4.40. The van der Waals surface area contributed by atoms with E-state index in [2.05, 4.69) is 9.88 Å². The number of hydrogen-bond donors (Lipinski definition) is 1. The molecule has 1 aliphatic rings. The van der Waals surface area contributed by atoms with Crippen LogP contribution in [0.25, 0.3) is 10.9 Å². The van der Waals surface area contributed by atoms with E-state index in [1.165, 1.54) is 18.2 Å². The van der Waals surface area contributed by atoms with Crippen molar-refractivity contribution in [1.82, 2.24) is 9.88 Å². The van der Waals surface area contributed by atoms with Gasteiger partial charge in [0.1, 0.15) is 5.82 Å². The molecule has 1 unspecified atom stereocenters. The van der Waals surface area contributed by atoms with E-state index in [0.29, 0.717) is 0 Å². The summed E-state index contributed by atoms with van der Waals surface area (Å²) in [5, 5.41) is 12.0. The number of likely N-dealkylation sites (tertiary alicyclic amines) is 1. The number of fused-ring (bicyclic) bond motifs is 1. The Kier molecular flexibility index (Phi) is 3.97. The number of nitrogens with zero attached hydrogens (tertiary/aromatic N) is 2. The van der Waals surface area contributed by atoms with Gasteiger partial charge in [0.2, 0.25) is 0 Å². The summed E-state index contributed by atoms with van der Waals surface area (Å²) in [4.78, 5) is 16.3. The molecule has 0 amide bonds. The molecule has 1 N–H and O–H groups in total. The van der Waals surface area contributed by atoms with Crippen molar-refractivity contribution in [3.8, 4) is 0 Å². The zero-order valence-electron chi connectivity index (χ0n) is 13.6. The molecule has 6 heteroatoms. The highest BCUT2D eigenvalue weighted by molar-refractivity contribution is 5.84. The van der Waals surface area contributed by atoms with Gasteiger partial charge in [0, 0.05) is 29.2 Å². The average molecular weight is 339 g/mol. The van der Waals surface area contributed by atoms with Gasteiger partial charge < -0.3 is 4.98 Å². The summed E-state index contributed by atoms with van der Waals surface area (Å²) < 4.78 is 13.8. The quantitative estimate of drug-likeness (QED) is 0.566. The second-order valence-corrected chi connectivity index (χ2v) is 6.43. The van der Waals surface area contributed by atoms with Gasteiger partial charge in [-0.2, -0.15) is 0 Å². The number of nitrogens with one attached hydrogen (secondary N) is 1. The van der Waals surface area contributed by atoms with Crippen molar-refractivity contribution in [3.05, 3.63) is 75.7 Å². The molecule has 3 aromatic rings. The van der Waals surface area contributed by atoms with Crippen LogP contribution in [0, 0.1) is 15.9 Å². The van der Waals surface area contributed by atoms with Crippen LogP contribution in [0.1, 0.15) is 30.0 Å². The molecule has 2 aromatic carbocycles. The Morgan fingerprint density at radius 3 is 2.72 bits per heavy atom. The number of aromatic nitrogens is 1. The fourth-order valence-corrected chi connectivity index (χ4v) is 3.74. The van der Waals surface area contributed by atoms with E-state index in [0.717, 1.165) is 48.0 Å². The molecule has 1 atom stereocenters. The minimum absolute atomic E-state index is 0.0766. The number of halogens is 1. The van der Waals surface area contributed by atoms with E-state index in [9.17, 15) is 14.5 Å². The molecule has 1 aromatic heterocycles. The summed E-state index contributed by atoms with van der Waals surface area (Å²) in [7, 11) is 0. The number of H-pyrrole nitrogens is 1. The van der Waals surface area contributed by atoms with Crippen LogP contribution in [-0.2, 0) is 0 Å². The molecular weight excluding hydrogens is 321 g/mol. The van der Waals surface area contributed by atoms with Crippen molar-refractivity contribution < 1.29 is 9.31 Å². The number of nitro groups is 1. The van der Waals surface area contributed by atoms with Gasteiger partial charge in [0.15, 0.2) is 0 Å². The smallest absolute Gasteiger partial charge is 0.269 e. The van der Waals surface area contributed by atoms with E-state index in [-0.39, 0.29) is 22.5 Å². The highest BCUT2D eigenvalue weighted by Crippen LogP contribution is 2.36. The Hall–Kier alpha value is -2.73. The summed E-state index contributed by atoms with van der Waals surface area (Å²) in [6.45, 7) is 1.85. The standard InChI is InChI=1S/C19H18FN3O2/c20-14-6-7-18-16(11-14)17(12-21-18)19(22-8-1-2-9-22)13-4-3-5-15(10-13)23(24)25/h3-7,10-12,19,21H,1-2,8-9H2. The fourth-order valence-electron chi connectivity index (χ4n) is 3.74. The first-order chi connectivity index (χ1) is 12.1. The molecule has 0 radical (unpaired) electrons. The van der Waals surface area contributed by atoms with Crippen LogP contribution in [-0.4, -0.2) is 27.9 Å². The molecule has 0 spiro atoms. The number of non-ortho nitro benzene ring substituents is 1. The maximum atomic E-state index is 13.8. The van der Waals surface area contributed by atoms with Gasteiger partial charge in [-0.25, -0.2) is 4.39 Å². The maximum absolute atomic E-state index is 13.8. The second-order valence-electron chi connectivity index (χ2n) is 6.43. The van der Waals surface area contributed by atoms with E-state index >= 15 is 0 Å². The zero-order chi connectivity index (χ0) is 17.4. The average Bonchev–Trinajstić information content (AvgIpc) is 3.26. The minimum atomic E-state index is -0.376. The topological polar surface area (TPSA) is 62.2 Å². The Morgan fingerprint density at radius 2 is 1.96 bits per heavy atom. The van der Waals surface area contributed by atoms with Crippen molar-refractivity contribution in [2.75, 3.05) is 13.1 Å². The lowest BCUT2D eigenvalue weighted by Crippen LogP contribution is -2.26. The van der Waals surface area contributed by atoms with Gasteiger partial charge in [-0.05, 0) is 55.3 Å². The fraction of sp³-hybridized carbons (Fsp3) is 0.263. The molecule has 1 fully saturated rings. The first-order valence-corrected chi connectivity index (χ1v) is 8.38. The Bertz CT molecular complexity index is 931. The van der Waals surface area contributed by atoms with E-state index in [4.69, 9.17) is 0 Å². The number of aromatic amines is 1. The van der Waals surface area contributed by atoms with Gasteiger partial charge in [-0.1, -0.05) is 12.1 Å². The molecule has 25 heavy (non-hydrogen) atoms. The van der Waals surface area contributed by atoms with Crippen molar-refractivity contribution in [1.29, 1.82) is 0 Å². The third-order valence-electron chi connectivity index (χ3n) is 4.87. The highest BCUT2D eigenvalue weighted by atomic mass is 19.1. The summed E-state index contributed by atoms with van der Waals surface area (Å²) in [6, 6.07) is 11.3. The highest BCUT2D eigenvalue weighted by Gasteiger charge is 2.28. The Labute approximate surface area is 144 Å². The molecule has 0 saturated carbocycles. The lowest BCUT2D eigenvalue weighted by Gasteiger charge is -2.28. The van der Waals surface area contributed by atoms with Crippen LogP contribution in [0.5, 0.6) is 0 Å². The summed E-state index contributed by atoms with van der Waals surface area (Å²) in [5.41, 5.74) is 2.76. The van der Waals surface area contributed by atoms with Crippen LogP contribution < -0.4 is 0 Å². The second kappa shape index (κ2) is 6.29. The molecule has 1 aliphatic heterocycles. The number of hydrogen-bond acceptors (Lipinski definition) is 3. The van der Waals surface area contributed by atoms with Crippen LogP contribution in [0.4, 0.5) is 10.1 Å². The predicted molar refractivity (Wildman–Crippen MR) is 94.0 cm³/mol. The van der Waals surface area contributed by atoms with Crippen LogP contribution >= 0.6 is 0 Å². The van der Waals surface area contributed by atoms with Gasteiger partial charge in [0.05, 0.1) is 11.0 Å². The first-order valence-electron chi connectivity index (χ1n) is 8.38. The molecule has 4 rings (SSSR count). The lowest BCUT2D eigenvalue weighted by molar-refractivity contribution is -0.384. The zero-order valence-corrected chi connectivity index (χ0v) is 13.6. The van der Waals surface area contributed by atoms with Crippen LogP contribution in [0.2, 0.25) is 0 Å². The van der Waals surface area contributed by atoms with Crippen LogP contribution in [0.3, 0.4) is 0 Å². The molecule has 5 nitrogen and oxygen atoms in total. The summed E-state index contributed by atoms with van der Waals surface area (Å²) in [5.74, 6) is -0.285. The van der Waals surface area contributed by atoms with Gasteiger partial charge >= 0.3 is 0 Å². The molecule has 0 bridgehead atoms. The van der Waals surface area contributed by atoms with Gasteiger partial charge in [-0.15, -0.1) is 0 Å². The summed E-state index contributed by atoms with van der Waals surface area (Å²) in [6.07, 6.45) is 4.09. The molecule has 2 heterocycles. The molecule has 128 valence electrons. The third-order valence-corrected chi connectivity index (χ3v) is 4.87. The SMILES string of the molecule is O=[N+]([O-])c1cccc(C(c2c[nH]c3ccc(F)cc23)N2CCCC2)c1. The van der Waals surface area contributed by atoms with Gasteiger partial charge in [0.25, 0.3) is 5.69 Å². The van der Waals surface area contributed by atoms with E-state index in [1.807, 2.05) is 12.3 Å². The Morgan fingerprint density at radius 1 is 1.16 bits per heavy atom. The largest absolute Gasteiger partial charge is 0.361 e. The lowest BCUT2D eigenvalue weighted by atomic mass is 9.96. The third kappa shape index (κ3) is 2.89. The molecule has 1 saturated heterocycles. The Balaban J connectivity index is 1.87. The number of nitro benzene ring substituents is 1. The monoisotopic (exact) mass is 339 g/mol. The van der Waals surface area contributed by atoms with Crippen molar-refractivity contribution in [2.24, 2.45) is 0 Å². The number of rotatable bonds is 4. The molecular formula is C19H18FN3O2. The van der Waals surface area contributed by atoms with Crippen molar-refractivity contribution >= 4 is 16.6 Å².